The van der Waals surface area contributed by atoms with Crippen LogP contribution in [0.1, 0.15) is 26.2 Å². The summed E-state index contributed by atoms with van der Waals surface area (Å²) < 4.78 is 5.75. The van der Waals surface area contributed by atoms with E-state index in [-0.39, 0.29) is 12.2 Å². The van der Waals surface area contributed by atoms with E-state index in [0.717, 1.165) is 19.0 Å². The highest BCUT2D eigenvalue weighted by molar-refractivity contribution is 5.02. The second kappa shape index (κ2) is 4.37. The number of nitrogens with zero attached hydrogens (tertiary/aromatic N) is 1. The van der Waals surface area contributed by atoms with E-state index in [1.807, 2.05) is 0 Å². The summed E-state index contributed by atoms with van der Waals surface area (Å²) in [4.78, 5) is 2.52. The number of rotatable bonds is 5. The molecule has 1 aliphatic heterocycles. The maximum atomic E-state index is 8.81. The van der Waals surface area contributed by atoms with Crippen molar-refractivity contribution in [1.82, 2.24) is 4.90 Å². The van der Waals surface area contributed by atoms with Crippen molar-refractivity contribution < 1.29 is 9.84 Å². The van der Waals surface area contributed by atoms with Crippen LogP contribution in [-0.2, 0) is 4.74 Å². The largest absolute Gasteiger partial charge is 0.394 e. The van der Waals surface area contributed by atoms with Gasteiger partial charge >= 0.3 is 0 Å². The summed E-state index contributed by atoms with van der Waals surface area (Å²) in [5, 5.41) is 8.81. The molecule has 2 atom stereocenters. The van der Waals surface area contributed by atoms with Crippen LogP contribution in [0.4, 0.5) is 0 Å². The molecule has 15 heavy (non-hydrogen) atoms. The summed E-state index contributed by atoms with van der Waals surface area (Å²) in [5.74, 6) is 0. The van der Waals surface area contributed by atoms with Gasteiger partial charge in [0.25, 0.3) is 0 Å². The Hall–Kier alpha value is -0.160. The van der Waals surface area contributed by atoms with Gasteiger partial charge in [0.15, 0.2) is 0 Å². The first-order chi connectivity index (χ1) is 7.21. The van der Waals surface area contributed by atoms with Crippen molar-refractivity contribution >= 4 is 0 Å². The van der Waals surface area contributed by atoms with Crippen molar-refractivity contribution in [2.24, 2.45) is 5.73 Å². The van der Waals surface area contributed by atoms with Gasteiger partial charge in [-0.05, 0) is 26.2 Å². The molecular formula is C11H22N2O2. The molecule has 3 N–H and O–H groups in total. The number of aliphatic hydroxyl groups is 1. The van der Waals surface area contributed by atoms with E-state index in [1.54, 1.807) is 0 Å². The van der Waals surface area contributed by atoms with Gasteiger partial charge in [-0.3, -0.25) is 4.90 Å². The van der Waals surface area contributed by atoms with Crippen molar-refractivity contribution in [3.8, 4) is 0 Å². The third-order valence-electron chi connectivity index (χ3n) is 3.59. The summed E-state index contributed by atoms with van der Waals surface area (Å²) in [6.07, 6.45) is 3.65. The van der Waals surface area contributed by atoms with Crippen LogP contribution in [0.2, 0.25) is 0 Å². The van der Waals surface area contributed by atoms with Crippen molar-refractivity contribution in [2.45, 2.75) is 43.9 Å². The van der Waals surface area contributed by atoms with Gasteiger partial charge in [-0.2, -0.15) is 0 Å². The molecule has 0 bridgehead atoms. The molecule has 1 saturated carbocycles. The van der Waals surface area contributed by atoms with Crippen molar-refractivity contribution in [1.29, 1.82) is 0 Å². The second-order valence-electron chi connectivity index (χ2n) is 4.92. The normalized spacial score (nSPS) is 37.4. The summed E-state index contributed by atoms with van der Waals surface area (Å²) in [7, 11) is 0. The zero-order valence-corrected chi connectivity index (χ0v) is 9.48. The molecular weight excluding hydrogens is 192 g/mol. The average molecular weight is 214 g/mol. The zero-order chi connectivity index (χ0) is 10.9. The van der Waals surface area contributed by atoms with Gasteiger partial charge in [0.1, 0.15) is 0 Å². The molecule has 1 aliphatic carbocycles. The topological polar surface area (TPSA) is 58.7 Å². The highest BCUT2D eigenvalue weighted by atomic mass is 16.5. The highest BCUT2D eigenvalue weighted by Crippen LogP contribution is 2.38. The number of ether oxygens (including phenoxy) is 1. The number of hydrogen-bond acceptors (Lipinski definition) is 4. The van der Waals surface area contributed by atoms with E-state index in [1.165, 1.54) is 12.8 Å². The standard InChI is InChI=1S/C11H22N2O2/c1-9-6-11(7-12,15-5-4-14)8-13(9)10-2-3-10/h9-10,14H,2-8,12H2,1H3. The predicted octanol–water partition coefficient (Wildman–Crippen LogP) is -0.0506. The Labute approximate surface area is 91.4 Å². The van der Waals surface area contributed by atoms with Gasteiger partial charge in [-0.25, -0.2) is 0 Å². The van der Waals surface area contributed by atoms with E-state index < -0.39 is 0 Å². The minimum Gasteiger partial charge on any atom is -0.394 e. The lowest BCUT2D eigenvalue weighted by Gasteiger charge is -2.28. The van der Waals surface area contributed by atoms with Crippen LogP contribution in [0.25, 0.3) is 0 Å². The first-order valence-electron chi connectivity index (χ1n) is 5.91. The van der Waals surface area contributed by atoms with Gasteiger partial charge in [0.05, 0.1) is 18.8 Å². The molecule has 4 nitrogen and oxygen atoms in total. The zero-order valence-electron chi connectivity index (χ0n) is 9.48. The Morgan fingerprint density at radius 2 is 2.27 bits per heavy atom. The average Bonchev–Trinajstić information content (AvgIpc) is 3.02. The third-order valence-corrected chi connectivity index (χ3v) is 3.59. The van der Waals surface area contributed by atoms with Gasteiger partial charge < -0.3 is 15.6 Å². The van der Waals surface area contributed by atoms with E-state index in [9.17, 15) is 0 Å². The van der Waals surface area contributed by atoms with Crippen LogP contribution in [0, 0.1) is 0 Å². The van der Waals surface area contributed by atoms with Crippen molar-refractivity contribution in [3.05, 3.63) is 0 Å². The molecule has 0 aromatic heterocycles. The van der Waals surface area contributed by atoms with Crippen LogP contribution in [0.3, 0.4) is 0 Å². The van der Waals surface area contributed by atoms with Crippen LogP contribution in [-0.4, -0.2) is 54.0 Å². The minimum atomic E-state index is -0.204. The van der Waals surface area contributed by atoms with Gasteiger partial charge in [-0.15, -0.1) is 0 Å². The number of hydrogen-bond donors (Lipinski definition) is 2. The Morgan fingerprint density at radius 1 is 1.53 bits per heavy atom. The number of likely N-dealkylation sites (tertiary alicyclic amines) is 1. The second-order valence-corrected chi connectivity index (χ2v) is 4.92. The highest BCUT2D eigenvalue weighted by Gasteiger charge is 2.46. The molecule has 0 amide bonds. The number of nitrogens with two attached hydrogens (primary N) is 1. The third kappa shape index (κ3) is 2.33. The van der Waals surface area contributed by atoms with E-state index in [0.29, 0.717) is 19.2 Å². The molecule has 0 aromatic rings. The van der Waals surface area contributed by atoms with E-state index >= 15 is 0 Å². The van der Waals surface area contributed by atoms with Crippen LogP contribution >= 0.6 is 0 Å². The summed E-state index contributed by atoms with van der Waals surface area (Å²) in [5.41, 5.74) is 5.62. The summed E-state index contributed by atoms with van der Waals surface area (Å²) in [6.45, 7) is 4.23. The molecule has 88 valence electrons. The molecule has 4 heteroatoms. The SMILES string of the molecule is CC1CC(CN)(OCCO)CN1C1CC1. The molecule has 0 radical (unpaired) electrons. The first-order valence-corrected chi connectivity index (χ1v) is 5.91. The molecule has 2 rings (SSSR count). The first kappa shape index (κ1) is 11.3. The molecule has 1 heterocycles. The molecule has 2 unspecified atom stereocenters. The lowest BCUT2D eigenvalue weighted by molar-refractivity contribution is -0.0448. The van der Waals surface area contributed by atoms with Crippen LogP contribution in [0.5, 0.6) is 0 Å². The quantitative estimate of drug-likeness (QED) is 0.673. The lowest BCUT2D eigenvalue weighted by Crippen LogP contribution is -2.44. The fourth-order valence-electron chi connectivity index (χ4n) is 2.68. The Bertz CT molecular complexity index is 221. The Balaban J connectivity index is 1.95. The maximum Gasteiger partial charge on any atom is 0.0946 e. The van der Waals surface area contributed by atoms with Gasteiger partial charge in [0, 0.05) is 25.2 Å². The summed E-state index contributed by atoms with van der Waals surface area (Å²) >= 11 is 0. The lowest BCUT2D eigenvalue weighted by atomic mass is 10.0. The molecule has 0 spiro atoms. The molecule has 2 aliphatic rings. The van der Waals surface area contributed by atoms with Crippen molar-refractivity contribution in [3.63, 3.8) is 0 Å². The van der Waals surface area contributed by atoms with Gasteiger partial charge in [0.2, 0.25) is 0 Å². The Kier molecular flexibility index (Phi) is 3.30. The molecule has 2 fully saturated rings. The predicted molar refractivity (Wildman–Crippen MR) is 58.6 cm³/mol. The molecule has 0 aromatic carbocycles. The molecule has 1 saturated heterocycles. The summed E-state index contributed by atoms with van der Waals surface area (Å²) in [6, 6.07) is 1.34. The fourth-order valence-corrected chi connectivity index (χ4v) is 2.68. The van der Waals surface area contributed by atoms with Crippen molar-refractivity contribution in [2.75, 3.05) is 26.3 Å². The van der Waals surface area contributed by atoms with Crippen LogP contribution < -0.4 is 5.73 Å². The fraction of sp³-hybridized carbons (Fsp3) is 1.00. The number of aliphatic hydroxyl groups excluding tert-OH is 1. The van der Waals surface area contributed by atoms with E-state index in [2.05, 4.69) is 11.8 Å². The van der Waals surface area contributed by atoms with Gasteiger partial charge in [-0.1, -0.05) is 0 Å². The van der Waals surface area contributed by atoms with Crippen LogP contribution in [0.15, 0.2) is 0 Å². The maximum absolute atomic E-state index is 8.81. The smallest absolute Gasteiger partial charge is 0.0946 e. The monoisotopic (exact) mass is 214 g/mol. The van der Waals surface area contributed by atoms with E-state index in [4.69, 9.17) is 15.6 Å². The Morgan fingerprint density at radius 3 is 2.80 bits per heavy atom. The minimum absolute atomic E-state index is 0.0829.